The van der Waals surface area contributed by atoms with Crippen molar-refractivity contribution in [1.82, 2.24) is 0 Å². The number of ether oxygens (including phenoxy) is 3. The Morgan fingerprint density at radius 1 is 0.857 bits per heavy atom. The molecule has 0 aliphatic heterocycles. The van der Waals surface area contributed by atoms with Gasteiger partial charge in [-0.1, -0.05) is 24.3 Å². The van der Waals surface area contributed by atoms with Crippen molar-refractivity contribution in [1.29, 1.82) is 0 Å². The second-order valence-electron chi connectivity index (χ2n) is 5.85. The highest BCUT2D eigenvalue weighted by Gasteiger charge is 2.19. The SMILES string of the molecule is COc1cc(F)ccc1-c1ccc(OC(C)=O)c(C(=O)Oc2ccccc2)c1. The number of hydrogen-bond donors (Lipinski definition) is 0. The molecule has 5 nitrogen and oxygen atoms in total. The van der Waals surface area contributed by atoms with E-state index in [1.165, 1.54) is 38.3 Å². The van der Waals surface area contributed by atoms with Gasteiger partial charge in [0, 0.05) is 18.6 Å². The zero-order chi connectivity index (χ0) is 20.1. The molecule has 3 rings (SSSR count). The lowest BCUT2D eigenvalue weighted by Crippen LogP contribution is -2.13. The van der Waals surface area contributed by atoms with Gasteiger partial charge in [-0.3, -0.25) is 4.79 Å². The number of para-hydroxylation sites is 1. The van der Waals surface area contributed by atoms with Crippen LogP contribution in [-0.2, 0) is 4.79 Å². The molecule has 0 saturated heterocycles. The molecule has 142 valence electrons. The van der Waals surface area contributed by atoms with E-state index >= 15 is 0 Å². The third-order valence-corrected chi connectivity index (χ3v) is 3.88. The summed E-state index contributed by atoms with van der Waals surface area (Å²) in [6.45, 7) is 1.24. The molecule has 28 heavy (non-hydrogen) atoms. The minimum absolute atomic E-state index is 0.0583. The number of esters is 2. The molecule has 0 bridgehead atoms. The summed E-state index contributed by atoms with van der Waals surface area (Å²) >= 11 is 0. The normalized spacial score (nSPS) is 10.2. The average Bonchev–Trinajstić information content (AvgIpc) is 2.68. The third-order valence-electron chi connectivity index (χ3n) is 3.88. The average molecular weight is 380 g/mol. The lowest BCUT2D eigenvalue weighted by Gasteiger charge is -2.13. The Hall–Kier alpha value is -3.67. The van der Waals surface area contributed by atoms with Crippen LogP contribution >= 0.6 is 0 Å². The Kier molecular flexibility index (Phi) is 5.69. The maximum absolute atomic E-state index is 13.5. The summed E-state index contributed by atoms with van der Waals surface area (Å²) in [6, 6.07) is 17.3. The topological polar surface area (TPSA) is 61.8 Å². The largest absolute Gasteiger partial charge is 0.496 e. The van der Waals surface area contributed by atoms with Gasteiger partial charge in [-0.25, -0.2) is 9.18 Å². The van der Waals surface area contributed by atoms with Crippen LogP contribution in [0.5, 0.6) is 17.2 Å². The van der Waals surface area contributed by atoms with Crippen LogP contribution in [0.2, 0.25) is 0 Å². The van der Waals surface area contributed by atoms with E-state index in [4.69, 9.17) is 14.2 Å². The van der Waals surface area contributed by atoms with Crippen molar-refractivity contribution in [2.75, 3.05) is 7.11 Å². The van der Waals surface area contributed by atoms with Gasteiger partial charge in [0.1, 0.15) is 28.6 Å². The van der Waals surface area contributed by atoms with Crippen LogP contribution < -0.4 is 14.2 Å². The standard InChI is InChI=1S/C22H17FO5/c1-14(24)27-20-11-8-15(18-10-9-16(23)13-21(18)26-2)12-19(20)22(25)28-17-6-4-3-5-7-17/h3-13H,1-2H3. The monoisotopic (exact) mass is 380 g/mol. The Morgan fingerprint density at radius 3 is 2.29 bits per heavy atom. The van der Waals surface area contributed by atoms with E-state index in [0.717, 1.165) is 0 Å². The predicted molar refractivity (Wildman–Crippen MR) is 101 cm³/mol. The third kappa shape index (κ3) is 4.35. The lowest BCUT2D eigenvalue weighted by atomic mass is 10.0. The number of carbonyl (C=O) groups excluding carboxylic acids is 2. The Labute approximate surface area is 161 Å². The number of halogens is 1. The van der Waals surface area contributed by atoms with Crippen molar-refractivity contribution in [3.8, 4) is 28.4 Å². The molecule has 0 radical (unpaired) electrons. The van der Waals surface area contributed by atoms with Crippen molar-refractivity contribution in [3.63, 3.8) is 0 Å². The molecule has 0 N–H and O–H groups in total. The van der Waals surface area contributed by atoms with E-state index in [9.17, 15) is 14.0 Å². The van der Waals surface area contributed by atoms with Crippen LogP contribution in [0.25, 0.3) is 11.1 Å². The highest BCUT2D eigenvalue weighted by atomic mass is 19.1. The quantitative estimate of drug-likeness (QED) is 0.476. The Bertz CT molecular complexity index is 1010. The summed E-state index contributed by atoms with van der Waals surface area (Å²) in [5, 5.41) is 0. The molecule has 0 aromatic heterocycles. The van der Waals surface area contributed by atoms with Gasteiger partial charge in [-0.05, 0) is 42.0 Å². The number of benzene rings is 3. The van der Waals surface area contributed by atoms with E-state index in [1.54, 1.807) is 42.5 Å². The van der Waals surface area contributed by atoms with Gasteiger partial charge in [-0.15, -0.1) is 0 Å². The second-order valence-corrected chi connectivity index (χ2v) is 5.85. The maximum Gasteiger partial charge on any atom is 0.347 e. The highest BCUT2D eigenvalue weighted by Crippen LogP contribution is 2.34. The van der Waals surface area contributed by atoms with E-state index in [0.29, 0.717) is 22.6 Å². The first-order valence-corrected chi connectivity index (χ1v) is 8.41. The zero-order valence-electron chi connectivity index (χ0n) is 15.3. The Morgan fingerprint density at radius 2 is 1.61 bits per heavy atom. The number of rotatable bonds is 5. The number of carbonyl (C=O) groups is 2. The minimum atomic E-state index is -0.689. The van der Waals surface area contributed by atoms with Gasteiger partial charge in [0.15, 0.2) is 0 Å². The molecule has 0 atom stereocenters. The van der Waals surface area contributed by atoms with E-state index < -0.39 is 17.8 Å². The van der Waals surface area contributed by atoms with Crippen LogP contribution in [0, 0.1) is 5.82 Å². The molecule has 3 aromatic carbocycles. The van der Waals surface area contributed by atoms with Crippen LogP contribution in [0.15, 0.2) is 66.7 Å². The van der Waals surface area contributed by atoms with E-state index in [-0.39, 0.29) is 11.3 Å². The van der Waals surface area contributed by atoms with Crippen LogP contribution in [0.4, 0.5) is 4.39 Å². The van der Waals surface area contributed by atoms with Gasteiger partial charge in [0.05, 0.1) is 7.11 Å². The van der Waals surface area contributed by atoms with Crippen molar-refractivity contribution < 1.29 is 28.2 Å². The van der Waals surface area contributed by atoms with Crippen LogP contribution in [0.3, 0.4) is 0 Å². The molecule has 0 amide bonds. The fourth-order valence-corrected chi connectivity index (χ4v) is 2.65. The fourth-order valence-electron chi connectivity index (χ4n) is 2.65. The molecule has 0 aliphatic rings. The smallest absolute Gasteiger partial charge is 0.347 e. The van der Waals surface area contributed by atoms with Crippen molar-refractivity contribution >= 4 is 11.9 Å². The van der Waals surface area contributed by atoms with E-state index in [2.05, 4.69) is 0 Å². The molecule has 0 spiro atoms. The summed E-state index contributed by atoms with van der Waals surface area (Å²) in [7, 11) is 1.43. The molecule has 0 heterocycles. The first-order valence-electron chi connectivity index (χ1n) is 8.41. The molecule has 0 aliphatic carbocycles. The van der Waals surface area contributed by atoms with E-state index in [1.807, 2.05) is 0 Å². The molecule has 6 heteroatoms. The Balaban J connectivity index is 2.04. The minimum Gasteiger partial charge on any atom is -0.496 e. The van der Waals surface area contributed by atoms with Gasteiger partial charge in [0.25, 0.3) is 0 Å². The molecule has 0 saturated carbocycles. The summed E-state index contributed by atoms with van der Waals surface area (Å²) in [5.41, 5.74) is 1.21. The highest BCUT2D eigenvalue weighted by molar-refractivity contribution is 5.96. The van der Waals surface area contributed by atoms with Crippen LogP contribution in [-0.4, -0.2) is 19.0 Å². The molecular weight excluding hydrogens is 363 g/mol. The van der Waals surface area contributed by atoms with Gasteiger partial charge < -0.3 is 14.2 Å². The first-order chi connectivity index (χ1) is 13.5. The summed E-state index contributed by atoms with van der Waals surface area (Å²) < 4.78 is 29.2. The molecule has 0 unspecified atom stereocenters. The molecular formula is C22H17FO5. The van der Waals surface area contributed by atoms with Gasteiger partial charge in [-0.2, -0.15) is 0 Å². The predicted octanol–water partition coefficient (Wildman–Crippen LogP) is 4.65. The number of methoxy groups -OCH3 is 1. The van der Waals surface area contributed by atoms with Gasteiger partial charge >= 0.3 is 11.9 Å². The summed E-state index contributed by atoms with van der Waals surface area (Å²) in [4.78, 5) is 24.1. The lowest BCUT2D eigenvalue weighted by molar-refractivity contribution is -0.131. The zero-order valence-corrected chi connectivity index (χ0v) is 15.3. The first kappa shape index (κ1) is 19.1. The van der Waals surface area contributed by atoms with Crippen molar-refractivity contribution in [2.24, 2.45) is 0 Å². The summed E-state index contributed by atoms with van der Waals surface area (Å²) in [6.07, 6.45) is 0. The van der Waals surface area contributed by atoms with Crippen molar-refractivity contribution in [2.45, 2.75) is 6.92 Å². The second kappa shape index (κ2) is 8.35. The van der Waals surface area contributed by atoms with Crippen LogP contribution in [0.1, 0.15) is 17.3 Å². The fraction of sp³-hybridized carbons (Fsp3) is 0.0909. The number of hydrogen-bond acceptors (Lipinski definition) is 5. The van der Waals surface area contributed by atoms with Gasteiger partial charge in [0.2, 0.25) is 0 Å². The van der Waals surface area contributed by atoms with Crippen molar-refractivity contribution in [3.05, 3.63) is 78.1 Å². The maximum atomic E-state index is 13.5. The molecule has 0 fully saturated rings. The molecule has 3 aromatic rings. The summed E-state index contributed by atoms with van der Waals surface area (Å²) in [5.74, 6) is -0.973.